The lowest BCUT2D eigenvalue weighted by atomic mass is 10.1. The summed E-state index contributed by atoms with van der Waals surface area (Å²) in [5.74, 6) is -0.453. The molecule has 1 atom stereocenters. The third-order valence-corrected chi connectivity index (χ3v) is 2.90. The summed E-state index contributed by atoms with van der Waals surface area (Å²) in [4.78, 5) is 15.2. The number of carbonyl (C=O) groups is 1. The van der Waals surface area contributed by atoms with Gasteiger partial charge in [0.2, 0.25) is 5.91 Å². The number of rotatable bonds is 3. The van der Waals surface area contributed by atoms with Crippen molar-refractivity contribution in [3.8, 4) is 0 Å². The minimum Gasteiger partial charge on any atom is -0.336 e. The molecule has 2 N–H and O–H groups in total. The molecule has 4 nitrogen and oxygen atoms in total. The van der Waals surface area contributed by atoms with Gasteiger partial charge in [-0.25, -0.2) is 0 Å². The quantitative estimate of drug-likeness (QED) is 0.838. The van der Waals surface area contributed by atoms with Gasteiger partial charge in [-0.15, -0.1) is 12.4 Å². The molecule has 0 aromatic rings. The average Bonchev–Trinajstić information content (AvgIpc) is 2.24. The van der Waals surface area contributed by atoms with Crippen molar-refractivity contribution in [3.63, 3.8) is 0 Å². The van der Waals surface area contributed by atoms with E-state index in [1.54, 1.807) is 0 Å². The van der Waals surface area contributed by atoms with E-state index in [1.807, 2.05) is 11.9 Å². The highest BCUT2D eigenvalue weighted by Crippen LogP contribution is 2.22. The highest BCUT2D eigenvalue weighted by atomic mass is 35.5. The van der Waals surface area contributed by atoms with Gasteiger partial charge < -0.3 is 15.5 Å². The van der Waals surface area contributed by atoms with Gasteiger partial charge in [0, 0.05) is 32.6 Å². The molecule has 108 valence electrons. The Hall–Kier alpha value is -0.530. The normalized spacial score (nSPS) is 21.6. The molecule has 0 spiro atoms. The number of alkyl halides is 3. The fourth-order valence-corrected chi connectivity index (χ4v) is 1.93. The molecular formula is C10H19ClF3N3O. The van der Waals surface area contributed by atoms with E-state index in [1.165, 1.54) is 4.90 Å². The molecule has 1 saturated heterocycles. The molecule has 1 rings (SSSR count). The predicted octanol–water partition coefficient (Wildman–Crippen LogP) is 0.852. The number of likely N-dealkylation sites (N-methyl/N-ethyl adjacent to an activating group) is 1. The molecule has 0 radical (unpaired) electrons. The van der Waals surface area contributed by atoms with Crippen molar-refractivity contribution in [2.45, 2.75) is 25.1 Å². The van der Waals surface area contributed by atoms with Crippen LogP contribution in [-0.4, -0.2) is 61.2 Å². The van der Waals surface area contributed by atoms with E-state index >= 15 is 0 Å². The van der Waals surface area contributed by atoms with Crippen molar-refractivity contribution >= 4 is 18.3 Å². The lowest BCUT2D eigenvalue weighted by molar-refractivity contribution is -0.151. The molecule has 1 unspecified atom stereocenters. The smallest absolute Gasteiger partial charge is 0.336 e. The van der Waals surface area contributed by atoms with Crippen molar-refractivity contribution in [1.82, 2.24) is 9.80 Å². The minimum absolute atomic E-state index is 0. The molecule has 0 aromatic carbocycles. The van der Waals surface area contributed by atoms with E-state index < -0.39 is 24.9 Å². The zero-order valence-corrected chi connectivity index (χ0v) is 11.1. The second-order valence-corrected chi connectivity index (χ2v) is 4.35. The van der Waals surface area contributed by atoms with Crippen molar-refractivity contribution in [1.29, 1.82) is 0 Å². The summed E-state index contributed by atoms with van der Waals surface area (Å²) in [5, 5.41) is 0. The Labute approximate surface area is 111 Å². The summed E-state index contributed by atoms with van der Waals surface area (Å²) < 4.78 is 36.1. The highest BCUT2D eigenvalue weighted by Gasteiger charge is 2.32. The predicted molar refractivity (Wildman–Crippen MR) is 64.6 cm³/mol. The summed E-state index contributed by atoms with van der Waals surface area (Å²) in [6.45, 7) is 2.03. The first-order chi connectivity index (χ1) is 7.83. The summed E-state index contributed by atoms with van der Waals surface area (Å²) in [7, 11) is 1.90. The number of amides is 1. The largest absolute Gasteiger partial charge is 0.389 e. The zero-order chi connectivity index (χ0) is 13.1. The first-order valence-corrected chi connectivity index (χ1v) is 5.58. The summed E-state index contributed by atoms with van der Waals surface area (Å²) in [6.07, 6.45) is -5.82. The van der Waals surface area contributed by atoms with Gasteiger partial charge in [-0.3, -0.25) is 4.79 Å². The Bertz CT molecular complexity index is 276. The maximum absolute atomic E-state index is 12.0. The monoisotopic (exact) mass is 289 g/mol. The van der Waals surface area contributed by atoms with Crippen LogP contribution < -0.4 is 5.73 Å². The van der Waals surface area contributed by atoms with Gasteiger partial charge >= 0.3 is 6.18 Å². The third kappa shape index (κ3) is 5.41. The Morgan fingerprint density at radius 1 is 1.39 bits per heavy atom. The first-order valence-electron chi connectivity index (χ1n) is 5.58. The van der Waals surface area contributed by atoms with E-state index in [9.17, 15) is 18.0 Å². The van der Waals surface area contributed by atoms with Crippen molar-refractivity contribution < 1.29 is 18.0 Å². The maximum atomic E-state index is 12.0. The summed E-state index contributed by atoms with van der Waals surface area (Å²) in [5.41, 5.74) is 5.53. The number of piperazine rings is 1. The van der Waals surface area contributed by atoms with Gasteiger partial charge in [-0.2, -0.15) is 13.2 Å². The molecule has 8 heteroatoms. The molecule has 0 bridgehead atoms. The van der Waals surface area contributed by atoms with E-state index in [2.05, 4.69) is 0 Å². The van der Waals surface area contributed by atoms with E-state index in [-0.39, 0.29) is 25.0 Å². The molecule has 0 saturated carbocycles. The fraction of sp³-hybridized carbons (Fsp3) is 0.900. The van der Waals surface area contributed by atoms with Crippen LogP contribution in [0.1, 0.15) is 12.8 Å². The lowest BCUT2D eigenvalue weighted by Gasteiger charge is -2.39. The molecule has 0 aromatic heterocycles. The zero-order valence-electron chi connectivity index (χ0n) is 10.2. The van der Waals surface area contributed by atoms with Crippen LogP contribution in [0.3, 0.4) is 0 Å². The van der Waals surface area contributed by atoms with Crippen LogP contribution in [0.5, 0.6) is 0 Å². The highest BCUT2D eigenvalue weighted by molar-refractivity contribution is 5.85. The second-order valence-electron chi connectivity index (χ2n) is 4.35. The van der Waals surface area contributed by atoms with Crippen LogP contribution in [0.15, 0.2) is 0 Å². The van der Waals surface area contributed by atoms with Crippen molar-refractivity contribution in [2.75, 3.05) is 33.2 Å². The van der Waals surface area contributed by atoms with Gasteiger partial charge in [0.25, 0.3) is 0 Å². The SMILES string of the molecule is CN1CCN(C(=O)CCC(F)(F)F)C(CN)C1.Cl. The van der Waals surface area contributed by atoms with E-state index in [0.29, 0.717) is 19.6 Å². The number of nitrogens with zero attached hydrogens (tertiary/aromatic N) is 2. The molecule has 0 aliphatic carbocycles. The van der Waals surface area contributed by atoms with E-state index in [0.717, 1.165) is 0 Å². The first kappa shape index (κ1) is 17.5. The Morgan fingerprint density at radius 2 is 2.00 bits per heavy atom. The van der Waals surface area contributed by atoms with Crippen molar-refractivity contribution in [2.24, 2.45) is 5.73 Å². The van der Waals surface area contributed by atoms with Crippen LogP contribution in [0, 0.1) is 0 Å². The third-order valence-electron chi connectivity index (χ3n) is 2.90. The topological polar surface area (TPSA) is 49.6 Å². The number of carbonyl (C=O) groups excluding carboxylic acids is 1. The number of hydrogen-bond acceptors (Lipinski definition) is 3. The lowest BCUT2D eigenvalue weighted by Crippen LogP contribution is -2.56. The van der Waals surface area contributed by atoms with Gasteiger partial charge in [0.05, 0.1) is 12.5 Å². The second kappa shape index (κ2) is 7.16. The molecule has 1 fully saturated rings. The number of hydrogen-bond donors (Lipinski definition) is 1. The Kier molecular flexibility index (Phi) is 6.94. The molecule has 1 heterocycles. The maximum Gasteiger partial charge on any atom is 0.389 e. The molecule has 1 amide bonds. The van der Waals surface area contributed by atoms with E-state index in [4.69, 9.17) is 5.73 Å². The van der Waals surface area contributed by atoms with Gasteiger partial charge in [0.15, 0.2) is 0 Å². The minimum atomic E-state index is -4.28. The van der Waals surface area contributed by atoms with Crippen LogP contribution in [0.25, 0.3) is 0 Å². The molecule has 1 aliphatic heterocycles. The van der Waals surface area contributed by atoms with Gasteiger partial charge in [-0.05, 0) is 7.05 Å². The van der Waals surface area contributed by atoms with Crippen LogP contribution >= 0.6 is 12.4 Å². The molecule has 1 aliphatic rings. The standard InChI is InChI=1S/C10H18F3N3O.ClH/c1-15-4-5-16(8(6-14)7-15)9(17)2-3-10(11,12)13;/h8H,2-7,14H2,1H3;1H. The average molecular weight is 290 g/mol. The number of nitrogens with two attached hydrogens (primary N) is 1. The molecular weight excluding hydrogens is 271 g/mol. The van der Waals surface area contributed by atoms with Crippen LogP contribution in [-0.2, 0) is 4.79 Å². The van der Waals surface area contributed by atoms with Crippen molar-refractivity contribution in [3.05, 3.63) is 0 Å². The Balaban J connectivity index is 0.00000289. The van der Waals surface area contributed by atoms with Crippen LogP contribution in [0.2, 0.25) is 0 Å². The summed E-state index contributed by atoms with van der Waals surface area (Å²) in [6, 6.07) is -0.172. The summed E-state index contributed by atoms with van der Waals surface area (Å²) >= 11 is 0. The van der Waals surface area contributed by atoms with Gasteiger partial charge in [-0.1, -0.05) is 0 Å². The number of halogens is 4. The van der Waals surface area contributed by atoms with Gasteiger partial charge in [0.1, 0.15) is 0 Å². The van der Waals surface area contributed by atoms with Crippen LogP contribution in [0.4, 0.5) is 13.2 Å². The molecule has 18 heavy (non-hydrogen) atoms. The fourth-order valence-electron chi connectivity index (χ4n) is 1.93. The Morgan fingerprint density at radius 3 is 2.50 bits per heavy atom.